The van der Waals surface area contributed by atoms with Crippen molar-refractivity contribution in [3.8, 4) is 0 Å². The highest BCUT2D eigenvalue weighted by molar-refractivity contribution is 9.10. The maximum atomic E-state index is 10.9. The van der Waals surface area contributed by atoms with Crippen LogP contribution in [0.1, 0.15) is 44.2 Å². The van der Waals surface area contributed by atoms with Crippen molar-refractivity contribution in [1.82, 2.24) is 5.32 Å². The predicted molar refractivity (Wildman–Crippen MR) is 85.1 cm³/mol. The monoisotopic (exact) mass is 355 g/mol. The minimum Gasteiger partial charge on any atom is -0.481 e. The Morgan fingerprint density at radius 3 is 2.48 bits per heavy atom. The third kappa shape index (κ3) is 4.53. The van der Waals surface area contributed by atoms with Crippen LogP contribution in [-0.2, 0) is 4.79 Å². The van der Waals surface area contributed by atoms with Gasteiger partial charge in [0, 0.05) is 17.1 Å². The molecule has 0 heterocycles. The molecular formula is C16H22BrNO3. The molecule has 1 saturated carbocycles. The molecule has 0 saturated heterocycles. The van der Waals surface area contributed by atoms with Crippen molar-refractivity contribution < 1.29 is 15.0 Å². The molecular weight excluding hydrogens is 334 g/mol. The molecule has 1 aromatic carbocycles. The van der Waals surface area contributed by atoms with Gasteiger partial charge < -0.3 is 15.5 Å². The van der Waals surface area contributed by atoms with Gasteiger partial charge in [-0.3, -0.25) is 4.79 Å². The quantitative estimate of drug-likeness (QED) is 0.758. The summed E-state index contributed by atoms with van der Waals surface area (Å²) in [6.45, 7) is 2.56. The van der Waals surface area contributed by atoms with E-state index in [4.69, 9.17) is 5.11 Å². The average molecular weight is 356 g/mol. The van der Waals surface area contributed by atoms with Crippen LogP contribution in [0.4, 0.5) is 0 Å². The van der Waals surface area contributed by atoms with Crippen molar-refractivity contribution in [3.05, 3.63) is 34.3 Å². The highest BCUT2D eigenvalue weighted by Crippen LogP contribution is 2.32. The molecule has 0 radical (unpaired) electrons. The van der Waals surface area contributed by atoms with Crippen molar-refractivity contribution in [1.29, 1.82) is 0 Å². The van der Waals surface area contributed by atoms with Gasteiger partial charge in [0.25, 0.3) is 0 Å². The van der Waals surface area contributed by atoms with Crippen LogP contribution >= 0.6 is 15.9 Å². The summed E-state index contributed by atoms with van der Waals surface area (Å²) in [6.07, 6.45) is 2.20. The summed E-state index contributed by atoms with van der Waals surface area (Å²) in [4.78, 5) is 10.9. The van der Waals surface area contributed by atoms with Gasteiger partial charge in [0.05, 0.1) is 11.5 Å². The topological polar surface area (TPSA) is 69.6 Å². The first-order valence-electron chi connectivity index (χ1n) is 7.34. The number of carboxylic acids is 1. The van der Waals surface area contributed by atoms with Gasteiger partial charge in [0.15, 0.2) is 0 Å². The summed E-state index contributed by atoms with van der Waals surface area (Å²) in [5.74, 6) is -1.04. The Morgan fingerprint density at radius 1 is 1.38 bits per heavy atom. The van der Waals surface area contributed by atoms with Gasteiger partial charge in [-0.25, -0.2) is 0 Å². The lowest BCUT2D eigenvalue weighted by atomic mass is 9.78. The summed E-state index contributed by atoms with van der Waals surface area (Å²) in [5, 5.41) is 22.9. The second kappa shape index (κ2) is 6.90. The number of nitrogens with one attached hydrogen (secondary N) is 1. The molecule has 4 nitrogen and oxygen atoms in total. The normalized spacial score (nSPS) is 27.3. The van der Waals surface area contributed by atoms with Crippen molar-refractivity contribution >= 4 is 21.9 Å². The number of aliphatic hydroxyl groups is 1. The fraction of sp³-hybridized carbons (Fsp3) is 0.562. The smallest absolute Gasteiger partial charge is 0.306 e. The number of aliphatic carboxylic acids is 1. The summed E-state index contributed by atoms with van der Waals surface area (Å²) in [7, 11) is 0. The molecule has 0 spiro atoms. The molecule has 116 valence electrons. The predicted octanol–water partition coefficient (Wildman–Crippen LogP) is 3.11. The van der Waals surface area contributed by atoms with Crippen LogP contribution in [0.15, 0.2) is 28.7 Å². The van der Waals surface area contributed by atoms with E-state index in [0.717, 1.165) is 4.47 Å². The Bertz CT molecular complexity index is 481. The molecule has 1 atom stereocenters. The molecule has 1 unspecified atom stereocenters. The molecule has 0 bridgehead atoms. The lowest BCUT2D eigenvalue weighted by Gasteiger charge is -2.35. The van der Waals surface area contributed by atoms with E-state index in [9.17, 15) is 9.90 Å². The van der Waals surface area contributed by atoms with Gasteiger partial charge in [-0.05, 0) is 50.3 Å². The standard InChI is InChI=1S/C16H22BrNO3/c1-11(12-2-4-14(17)5-3-12)18-10-16(21)8-6-13(7-9-16)15(19)20/h2-5,11,13,18,21H,6-10H2,1H3,(H,19,20). The minimum atomic E-state index is -0.782. The van der Waals surface area contributed by atoms with Crippen LogP contribution in [0.3, 0.4) is 0 Å². The lowest BCUT2D eigenvalue weighted by Crippen LogP contribution is -2.45. The highest BCUT2D eigenvalue weighted by atomic mass is 79.9. The highest BCUT2D eigenvalue weighted by Gasteiger charge is 2.35. The zero-order valence-electron chi connectivity index (χ0n) is 12.2. The maximum Gasteiger partial charge on any atom is 0.306 e. The Morgan fingerprint density at radius 2 is 1.95 bits per heavy atom. The Balaban J connectivity index is 1.85. The number of benzene rings is 1. The van der Waals surface area contributed by atoms with Crippen LogP contribution in [0, 0.1) is 5.92 Å². The third-order valence-electron chi connectivity index (χ3n) is 4.37. The zero-order chi connectivity index (χ0) is 15.5. The van der Waals surface area contributed by atoms with Crippen molar-refractivity contribution in [3.63, 3.8) is 0 Å². The molecule has 5 heteroatoms. The minimum absolute atomic E-state index is 0.152. The number of hydrogen-bond acceptors (Lipinski definition) is 3. The molecule has 1 aliphatic carbocycles. The van der Waals surface area contributed by atoms with Gasteiger partial charge in [0.1, 0.15) is 0 Å². The lowest BCUT2D eigenvalue weighted by molar-refractivity contribution is -0.144. The molecule has 0 amide bonds. The fourth-order valence-electron chi connectivity index (χ4n) is 2.79. The van der Waals surface area contributed by atoms with Gasteiger partial charge >= 0.3 is 5.97 Å². The van der Waals surface area contributed by atoms with Gasteiger partial charge in [-0.15, -0.1) is 0 Å². The van der Waals surface area contributed by atoms with E-state index in [0.29, 0.717) is 32.2 Å². The fourth-order valence-corrected chi connectivity index (χ4v) is 3.06. The van der Waals surface area contributed by atoms with Crippen LogP contribution < -0.4 is 5.32 Å². The molecule has 3 N–H and O–H groups in total. The van der Waals surface area contributed by atoms with Crippen molar-refractivity contribution in [2.45, 2.75) is 44.2 Å². The van der Waals surface area contributed by atoms with Gasteiger partial charge in [0.2, 0.25) is 0 Å². The number of carbonyl (C=O) groups is 1. The van der Waals surface area contributed by atoms with E-state index in [2.05, 4.69) is 28.2 Å². The SMILES string of the molecule is CC(NCC1(O)CCC(C(=O)O)CC1)c1ccc(Br)cc1. The first-order valence-corrected chi connectivity index (χ1v) is 8.13. The van der Waals surface area contributed by atoms with E-state index in [1.807, 2.05) is 24.3 Å². The van der Waals surface area contributed by atoms with Crippen LogP contribution in [0.25, 0.3) is 0 Å². The zero-order valence-corrected chi connectivity index (χ0v) is 13.8. The van der Waals surface area contributed by atoms with Crippen LogP contribution in [0.5, 0.6) is 0 Å². The summed E-state index contributed by atoms with van der Waals surface area (Å²) >= 11 is 3.41. The molecule has 2 rings (SSSR count). The van der Waals surface area contributed by atoms with Crippen molar-refractivity contribution in [2.24, 2.45) is 5.92 Å². The number of rotatable bonds is 5. The van der Waals surface area contributed by atoms with Gasteiger partial charge in [-0.2, -0.15) is 0 Å². The van der Waals surface area contributed by atoms with Crippen LogP contribution in [-0.4, -0.2) is 28.3 Å². The summed E-state index contributed by atoms with van der Waals surface area (Å²) in [5.41, 5.74) is 0.385. The molecule has 0 aromatic heterocycles. The van der Waals surface area contributed by atoms with Crippen LogP contribution in [0.2, 0.25) is 0 Å². The molecule has 1 aromatic rings. The Hall–Kier alpha value is -0.910. The van der Waals surface area contributed by atoms with E-state index in [1.54, 1.807) is 0 Å². The average Bonchev–Trinajstić information content (AvgIpc) is 2.46. The second-order valence-corrected chi connectivity index (χ2v) is 6.91. The number of carboxylic acid groups (broad SMARTS) is 1. The summed E-state index contributed by atoms with van der Waals surface area (Å²) in [6, 6.07) is 8.25. The summed E-state index contributed by atoms with van der Waals surface area (Å²) < 4.78 is 1.05. The van der Waals surface area contributed by atoms with E-state index in [-0.39, 0.29) is 12.0 Å². The molecule has 0 aliphatic heterocycles. The Labute approximate surface area is 133 Å². The van der Waals surface area contributed by atoms with E-state index < -0.39 is 11.6 Å². The first kappa shape index (κ1) is 16.5. The van der Waals surface area contributed by atoms with Gasteiger partial charge in [-0.1, -0.05) is 28.1 Å². The number of halogens is 1. The third-order valence-corrected chi connectivity index (χ3v) is 4.90. The maximum absolute atomic E-state index is 10.9. The van der Waals surface area contributed by atoms with E-state index in [1.165, 1.54) is 5.56 Å². The largest absolute Gasteiger partial charge is 0.481 e. The number of hydrogen-bond donors (Lipinski definition) is 3. The first-order chi connectivity index (χ1) is 9.89. The Kier molecular flexibility index (Phi) is 5.41. The van der Waals surface area contributed by atoms with E-state index >= 15 is 0 Å². The second-order valence-electron chi connectivity index (χ2n) is 5.99. The molecule has 1 aliphatic rings. The molecule has 21 heavy (non-hydrogen) atoms. The molecule has 1 fully saturated rings. The van der Waals surface area contributed by atoms with Crippen molar-refractivity contribution in [2.75, 3.05) is 6.54 Å².